The van der Waals surface area contributed by atoms with Gasteiger partial charge in [-0.2, -0.15) is 0 Å². The zero-order chi connectivity index (χ0) is 18.9. The lowest BCUT2D eigenvalue weighted by Gasteiger charge is -2.35. The van der Waals surface area contributed by atoms with Crippen molar-refractivity contribution in [3.05, 3.63) is 58.7 Å². The number of hydrogen-bond donors (Lipinski definition) is 1. The van der Waals surface area contributed by atoms with Gasteiger partial charge in [0.25, 0.3) is 0 Å². The fourth-order valence-corrected chi connectivity index (χ4v) is 3.26. The molecule has 1 aliphatic rings. The molecule has 0 saturated carbocycles. The van der Waals surface area contributed by atoms with Gasteiger partial charge in [-0.3, -0.25) is 4.79 Å². The molecule has 1 atom stereocenters. The average molecular weight is 354 g/mol. The van der Waals surface area contributed by atoms with Gasteiger partial charge in [-0.1, -0.05) is 26.0 Å². The third-order valence-electron chi connectivity index (χ3n) is 5.25. The van der Waals surface area contributed by atoms with Gasteiger partial charge in [-0.25, -0.2) is 4.79 Å². The summed E-state index contributed by atoms with van der Waals surface area (Å²) >= 11 is 0. The zero-order valence-corrected chi connectivity index (χ0v) is 15.2. The third kappa shape index (κ3) is 3.05. The number of hydrogen-bond acceptors (Lipinski definition) is 5. The van der Waals surface area contributed by atoms with Crippen LogP contribution in [-0.2, 0) is 10.2 Å². The van der Waals surface area contributed by atoms with E-state index in [9.17, 15) is 14.7 Å². The first kappa shape index (κ1) is 18.0. The van der Waals surface area contributed by atoms with Crippen LogP contribution < -0.4 is 4.74 Å². The van der Waals surface area contributed by atoms with Gasteiger partial charge in [0.2, 0.25) is 0 Å². The molecule has 0 amide bonds. The van der Waals surface area contributed by atoms with Crippen LogP contribution in [-0.4, -0.2) is 30.6 Å². The summed E-state index contributed by atoms with van der Waals surface area (Å²) in [6.07, 6.45) is 1.78. The Hall–Kier alpha value is -2.82. The normalized spacial score (nSPS) is 18.6. The van der Waals surface area contributed by atoms with E-state index in [2.05, 4.69) is 18.6 Å². The molecule has 0 aliphatic carbocycles. The van der Waals surface area contributed by atoms with Gasteiger partial charge in [0.15, 0.2) is 5.78 Å². The lowest BCUT2D eigenvalue weighted by Crippen LogP contribution is -2.29. The van der Waals surface area contributed by atoms with Gasteiger partial charge in [-0.15, -0.1) is 0 Å². The molecule has 0 bridgehead atoms. The Bertz CT molecular complexity index is 853. The van der Waals surface area contributed by atoms with Crippen molar-refractivity contribution in [1.29, 1.82) is 0 Å². The first-order valence-electron chi connectivity index (χ1n) is 8.63. The minimum absolute atomic E-state index is 0.0922. The summed E-state index contributed by atoms with van der Waals surface area (Å²) in [4.78, 5) is 24.4. The molecule has 3 rings (SSSR count). The molecule has 5 nitrogen and oxygen atoms in total. The van der Waals surface area contributed by atoms with Gasteiger partial charge < -0.3 is 14.6 Å². The predicted molar refractivity (Wildman–Crippen MR) is 97.1 cm³/mol. The Balaban J connectivity index is 2.00. The monoisotopic (exact) mass is 354 g/mol. The molecule has 0 radical (unpaired) electrons. The van der Waals surface area contributed by atoms with Crippen molar-refractivity contribution in [1.82, 2.24) is 0 Å². The van der Waals surface area contributed by atoms with Crippen molar-refractivity contribution in [2.45, 2.75) is 32.1 Å². The minimum Gasteiger partial charge on any atom is -0.507 e. The third-order valence-corrected chi connectivity index (χ3v) is 5.25. The lowest BCUT2D eigenvalue weighted by molar-refractivity contribution is 0.0600. The molecule has 0 saturated heterocycles. The van der Waals surface area contributed by atoms with Gasteiger partial charge >= 0.3 is 5.97 Å². The Labute approximate surface area is 152 Å². The summed E-state index contributed by atoms with van der Waals surface area (Å²) in [5, 5.41) is 10.3. The molecular weight excluding hydrogens is 332 g/mol. The number of methoxy groups -OCH3 is 1. The highest BCUT2D eigenvalue weighted by atomic mass is 16.5. The van der Waals surface area contributed by atoms with Crippen LogP contribution in [0, 0.1) is 0 Å². The second-order valence-electron chi connectivity index (χ2n) is 6.78. The van der Waals surface area contributed by atoms with E-state index in [-0.39, 0.29) is 22.5 Å². The number of phenols is 1. The van der Waals surface area contributed by atoms with E-state index in [0.717, 1.165) is 18.4 Å². The summed E-state index contributed by atoms with van der Waals surface area (Å²) < 4.78 is 10.3. The van der Waals surface area contributed by atoms with Crippen molar-refractivity contribution in [2.24, 2.45) is 0 Å². The highest BCUT2D eigenvalue weighted by Gasteiger charge is 2.33. The van der Waals surface area contributed by atoms with Crippen molar-refractivity contribution < 1.29 is 24.2 Å². The molecule has 1 aliphatic heterocycles. The van der Waals surface area contributed by atoms with Crippen LogP contribution in [0.5, 0.6) is 11.5 Å². The van der Waals surface area contributed by atoms with Crippen molar-refractivity contribution in [3.63, 3.8) is 0 Å². The number of benzene rings is 2. The summed E-state index contributed by atoms with van der Waals surface area (Å²) in [6, 6.07) is 9.45. The Morgan fingerprint density at radius 2 is 1.85 bits per heavy atom. The topological polar surface area (TPSA) is 72.8 Å². The first-order valence-corrected chi connectivity index (χ1v) is 8.63. The van der Waals surface area contributed by atoms with Gasteiger partial charge in [-0.05, 0) is 36.5 Å². The van der Waals surface area contributed by atoms with Gasteiger partial charge in [0.05, 0.1) is 24.8 Å². The number of ketones is 1. The molecule has 136 valence electrons. The Morgan fingerprint density at radius 3 is 2.46 bits per heavy atom. The standard InChI is InChI=1S/C21H22O5/c1-4-21(2)9-10-26-18-12-17(22)15(11-16(18)21)19(23)13-5-7-14(8-6-13)20(24)25-3/h5-8,11-12,22H,4,9-10H2,1-3H3. The maximum atomic E-state index is 12.9. The highest BCUT2D eigenvalue weighted by Crippen LogP contribution is 2.43. The van der Waals surface area contributed by atoms with Gasteiger partial charge in [0.1, 0.15) is 11.5 Å². The zero-order valence-electron chi connectivity index (χ0n) is 15.2. The number of carbonyl (C=O) groups excluding carboxylic acids is 2. The van der Waals surface area contributed by atoms with E-state index in [4.69, 9.17) is 4.74 Å². The highest BCUT2D eigenvalue weighted by molar-refractivity contribution is 6.11. The van der Waals surface area contributed by atoms with E-state index in [1.165, 1.54) is 25.3 Å². The average Bonchev–Trinajstić information content (AvgIpc) is 2.66. The van der Waals surface area contributed by atoms with Crippen molar-refractivity contribution in [3.8, 4) is 11.5 Å². The number of phenolic OH excluding ortho intramolecular Hbond substituents is 1. The molecule has 0 aromatic heterocycles. The molecule has 0 spiro atoms. The van der Waals surface area contributed by atoms with E-state index in [0.29, 0.717) is 23.5 Å². The number of rotatable bonds is 4. The first-order chi connectivity index (χ1) is 12.4. The van der Waals surface area contributed by atoms with Crippen LogP contribution in [0.15, 0.2) is 36.4 Å². The summed E-state index contributed by atoms with van der Waals surface area (Å²) in [7, 11) is 1.30. The maximum absolute atomic E-state index is 12.9. The molecule has 1 N–H and O–H groups in total. The number of carbonyl (C=O) groups is 2. The Kier molecular flexibility index (Phi) is 4.72. The van der Waals surface area contributed by atoms with Crippen LogP contribution in [0.3, 0.4) is 0 Å². The predicted octanol–water partition coefficient (Wildman–Crippen LogP) is 3.86. The largest absolute Gasteiger partial charge is 0.507 e. The van der Waals surface area contributed by atoms with Crippen LogP contribution in [0.1, 0.15) is 58.5 Å². The minimum atomic E-state index is -0.462. The summed E-state index contributed by atoms with van der Waals surface area (Å²) in [5.41, 5.74) is 1.84. The second kappa shape index (κ2) is 6.83. The van der Waals surface area contributed by atoms with Crippen LogP contribution in [0.25, 0.3) is 0 Å². The smallest absolute Gasteiger partial charge is 0.337 e. The van der Waals surface area contributed by atoms with E-state index in [1.54, 1.807) is 18.2 Å². The SMILES string of the molecule is CCC1(C)CCOc2cc(O)c(C(=O)c3ccc(C(=O)OC)cc3)cc21. The van der Waals surface area contributed by atoms with Crippen LogP contribution >= 0.6 is 0 Å². The van der Waals surface area contributed by atoms with Crippen LogP contribution in [0.4, 0.5) is 0 Å². The number of esters is 1. The quantitative estimate of drug-likeness (QED) is 0.667. The van der Waals surface area contributed by atoms with Crippen LogP contribution in [0.2, 0.25) is 0 Å². The van der Waals surface area contributed by atoms with E-state index >= 15 is 0 Å². The summed E-state index contributed by atoms with van der Waals surface area (Å²) in [5.74, 6) is -0.232. The van der Waals surface area contributed by atoms with Crippen molar-refractivity contribution in [2.75, 3.05) is 13.7 Å². The molecule has 26 heavy (non-hydrogen) atoms. The van der Waals surface area contributed by atoms with E-state index in [1.807, 2.05) is 0 Å². The maximum Gasteiger partial charge on any atom is 0.337 e. The fraction of sp³-hybridized carbons (Fsp3) is 0.333. The molecule has 0 fully saturated rings. The van der Waals surface area contributed by atoms with Gasteiger partial charge in [0, 0.05) is 17.2 Å². The Morgan fingerprint density at radius 1 is 1.19 bits per heavy atom. The number of ether oxygens (including phenoxy) is 2. The molecule has 1 unspecified atom stereocenters. The fourth-order valence-electron chi connectivity index (χ4n) is 3.26. The van der Waals surface area contributed by atoms with Crippen molar-refractivity contribution >= 4 is 11.8 Å². The molecule has 1 heterocycles. The second-order valence-corrected chi connectivity index (χ2v) is 6.78. The number of aromatic hydroxyl groups is 1. The molecule has 2 aromatic rings. The van der Waals surface area contributed by atoms with E-state index < -0.39 is 5.97 Å². The summed E-state index contributed by atoms with van der Waals surface area (Å²) in [6.45, 7) is 4.85. The number of fused-ring (bicyclic) bond motifs is 1. The lowest BCUT2D eigenvalue weighted by atomic mass is 9.75. The molecule has 5 heteroatoms. The molecule has 2 aromatic carbocycles. The molecular formula is C21H22O5.